The van der Waals surface area contributed by atoms with E-state index in [-0.39, 0.29) is 6.04 Å². The number of carbonyl (C=O) groups excluding carboxylic acids is 2. The summed E-state index contributed by atoms with van der Waals surface area (Å²) in [6, 6.07) is 7.53. The van der Waals surface area contributed by atoms with Crippen molar-refractivity contribution in [3.8, 4) is 0 Å². The summed E-state index contributed by atoms with van der Waals surface area (Å²) in [6.07, 6.45) is 5.13. The minimum absolute atomic E-state index is 0.0751. The van der Waals surface area contributed by atoms with Crippen molar-refractivity contribution in [2.75, 3.05) is 5.32 Å². The Morgan fingerprint density at radius 2 is 2.00 bits per heavy atom. The molecular formula is C18H24N2O2. The fraction of sp³-hybridized carbons (Fsp3) is 0.556. The third kappa shape index (κ3) is 3.16. The first-order valence-electron chi connectivity index (χ1n) is 8.21. The second kappa shape index (κ2) is 6.11. The van der Waals surface area contributed by atoms with Crippen molar-refractivity contribution in [3.63, 3.8) is 0 Å². The number of hydrogen-bond acceptors (Lipinski definition) is 2. The molecule has 0 aromatic heterocycles. The van der Waals surface area contributed by atoms with E-state index in [1.807, 2.05) is 32.0 Å². The molecule has 2 aliphatic rings. The van der Waals surface area contributed by atoms with E-state index >= 15 is 0 Å². The van der Waals surface area contributed by atoms with E-state index in [4.69, 9.17) is 0 Å². The SMILES string of the molecule is Cc1cccc(NC(=O)C(=O)NC(C)C2CC3CCC2C3)c1. The monoisotopic (exact) mass is 300 g/mol. The summed E-state index contributed by atoms with van der Waals surface area (Å²) in [5.74, 6) is 1.00. The Morgan fingerprint density at radius 1 is 1.18 bits per heavy atom. The molecule has 3 rings (SSSR count). The maximum absolute atomic E-state index is 12.1. The molecule has 0 heterocycles. The minimum Gasteiger partial charge on any atom is -0.345 e. The summed E-state index contributed by atoms with van der Waals surface area (Å²) in [5, 5.41) is 5.55. The Balaban J connectivity index is 1.54. The van der Waals surface area contributed by atoms with Gasteiger partial charge in [0.15, 0.2) is 0 Å². The van der Waals surface area contributed by atoms with Gasteiger partial charge < -0.3 is 10.6 Å². The molecule has 2 fully saturated rings. The summed E-state index contributed by atoms with van der Waals surface area (Å²) < 4.78 is 0. The largest absolute Gasteiger partial charge is 0.345 e. The highest BCUT2D eigenvalue weighted by molar-refractivity contribution is 6.39. The molecule has 118 valence electrons. The lowest BCUT2D eigenvalue weighted by molar-refractivity contribution is -0.136. The van der Waals surface area contributed by atoms with E-state index in [1.165, 1.54) is 25.7 Å². The van der Waals surface area contributed by atoms with Gasteiger partial charge in [-0.1, -0.05) is 18.6 Å². The van der Waals surface area contributed by atoms with Crippen LogP contribution in [-0.2, 0) is 9.59 Å². The maximum Gasteiger partial charge on any atom is 0.313 e. The van der Waals surface area contributed by atoms with Gasteiger partial charge in [0.1, 0.15) is 0 Å². The van der Waals surface area contributed by atoms with Crippen LogP contribution in [-0.4, -0.2) is 17.9 Å². The number of hydrogen-bond donors (Lipinski definition) is 2. The highest BCUT2D eigenvalue weighted by atomic mass is 16.2. The summed E-state index contributed by atoms with van der Waals surface area (Å²) in [4.78, 5) is 24.1. The van der Waals surface area contributed by atoms with Gasteiger partial charge in [0.25, 0.3) is 0 Å². The van der Waals surface area contributed by atoms with Gasteiger partial charge in [0, 0.05) is 11.7 Å². The number of aryl methyl sites for hydroxylation is 1. The van der Waals surface area contributed by atoms with Gasteiger partial charge in [0.05, 0.1) is 0 Å². The average Bonchev–Trinajstić information content (AvgIpc) is 3.09. The fourth-order valence-electron chi connectivity index (χ4n) is 4.20. The number of rotatable bonds is 3. The Kier molecular flexibility index (Phi) is 4.19. The van der Waals surface area contributed by atoms with Gasteiger partial charge >= 0.3 is 11.8 Å². The molecule has 1 aromatic carbocycles. The number of benzene rings is 1. The van der Waals surface area contributed by atoms with Crippen LogP contribution in [0, 0.1) is 24.7 Å². The van der Waals surface area contributed by atoms with Gasteiger partial charge in [-0.2, -0.15) is 0 Å². The van der Waals surface area contributed by atoms with Crippen molar-refractivity contribution in [1.29, 1.82) is 0 Å². The highest BCUT2D eigenvalue weighted by Gasteiger charge is 2.42. The zero-order valence-corrected chi connectivity index (χ0v) is 13.3. The zero-order valence-electron chi connectivity index (χ0n) is 13.3. The number of nitrogens with one attached hydrogen (secondary N) is 2. The standard InChI is InChI=1S/C18H24N2O2/c1-11-4-3-5-15(8-11)20-18(22)17(21)19-12(2)16-10-13-6-7-14(16)9-13/h3-5,8,12-14,16H,6-7,9-10H2,1-2H3,(H,19,21)(H,20,22). The molecule has 0 aliphatic heterocycles. The number of fused-ring (bicyclic) bond motifs is 2. The number of carbonyl (C=O) groups is 2. The summed E-state index contributed by atoms with van der Waals surface area (Å²) in [5.41, 5.74) is 1.71. The van der Waals surface area contributed by atoms with Gasteiger partial charge in [-0.3, -0.25) is 9.59 Å². The zero-order chi connectivity index (χ0) is 15.7. The van der Waals surface area contributed by atoms with Crippen LogP contribution in [0.2, 0.25) is 0 Å². The molecule has 0 spiro atoms. The van der Waals surface area contributed by atoms with Crippen LogP contribution in [0.25, 0.3) is 0 Å². The second-order valence-electron chi connectivity index (χ2n) is 6.92. The van der Waals surface area contributed by atoms with E-state index in [1.54, 1.807) is 6.07 Å². The van der Waals surface area contributed by atoms with Crippen molar-refractivity contribution in [1.82, 2.24) is 5.32 Å². The summed E-state index contributed by atoms with van der Waals surface area (Å²) >= 11 is 0. The number of amides is 2. The first-order valence-corrected chi connectivity index (χ1v) is 8.21. The third-order valence-corrected chi connectivity index (χ3v) is 5.28. The van der Waals surface area contributed by atoms with Gasteiger partial charge in [0.2, 0.25) is 0 Å². The van der Waals surface area contributed by atoms with Crippen LogP contribution in [0.5, 0.6) is 0 Å². The predicted molar refractivity (Wildman–Crippen MR) is 86.4 cm³/mol. The maximum atomic E-state index is 12.1. The molecule has 1 aromatic rings. The van der Waals surface area contributed by atoms with Gasteiger partial charge in [-0.25, -0.2) is 0 Å². The van der Waals surface area contributed by atoms with E-state index in [9.17, 15) is 9.59 Å². The Labute approximate surface area is 131 Å². The van der Waals surface area contributed by atoms with Gasteiger partial charge in [-0.05, 0) is 68.6 Å². The topological polar surface area (TPSA) is 58.2 Å². The lowest BCUT2D eigenvalue weighted by Crippen LogP contribution is -2.45. The van der Waals surface area contributed by atoms with Gasteiger partial charge in [-0.15, -0.1) is 0 Å². The molecule has 2 amide bonds. The van der Waals surface area contributed by atoms with Crippen LogP contribution in [0.15, 0.2) is 24.3 Å². The number of anilines is 1. The molecule has 4 atom stereocenters. The quantitative estimate of drug-likeness (QED) is 0.843. The second-order valence-corrected chi connectivity index (χ2v) is 6.92. The van der Waals surface area contributed by atoms with Crippen LogP contribution < -0.4 is 10.6 Å². The molecule has 2 aliphatic carbocycles. The molecule has 4 unspecified atom stereocenters. The summed E-state index contributed by atoms with van der Waals surface area (Å²) in [6.45, 7) is 3.98. The highest BCUT2D eigenvalue weighted by Crippen LogP contribution is 2.49. The van der Waals surface area contributed by atoms with Crippen molar-refractivity contribution in [2.24, 2.45) is 17.8 Å². The minimum atomic E-state index is -0.583. The normalized spacial score (nSPS) is 27.5. The van der Waals surface area contributed by atoms with Crippen LogP contribution in [0.1, 0.15) is 38.2 Å². The predicted octanol–water partition coefficient (Wildman–Crippen LogP) is 2.87. The third-order valence-electron chi connectivity index (χ3n) is 5.28. The molecule has 2 bridgehead atoms. The fourth-order valence-corrected chi connectivity index (χ4v) is 4.20. The van der Waals surface area contributed by atoms with E-state index < -0.39 is 11.8 Å². The molecule has 2 saturated carbocycles. The van der Waals surface area contributed by atoms with Crippen LogP contribution in [0.3, 0.4) is 0 Å². The Bertz CT molecular complexity index is 584. The molecule has 4 heteroatoms. The average molecular weight is 300 g/mol. The van der Waals surface area contributed by atoms with E-state index in [0.29, 0.717) is 11.6 Å². The molecule has 0 saturated heterocycles. The summed E-state index contributed by atoms with van der Waals surface area (Å²) in [7, 11) is 0. The Morgan fingerprint density at radius 3 is 2.64 bits per heavy atom. The Hall–Kier alpha value is -1.84. The van der Waals surface area contributed by atoms with Crippen molar-refractivity contribution >= 4 is 17.5 Å². The smallest absolute Gasteiger partial charge is 0.313 e. The molecule has 2 N–H and O–H groups in total. The first-order chi connectivity index (χ1) is 10.5. The molecular weight excluding hydrogens is 276 g/mol. The van der Waals surface area contributed by atoms with Crippen molar-refractivity contribution in [2.45, 2.75) is 45.6 Å². The van der Waals surface area contributed by atoms with Crippen LogP contribution in [0.4, 0.5) is 5.69 Å². The molecule has 0 radical (unpaired) electrons. The van der Waals surface area contributed by atoms with E-state index in [0.717, 1.165) is 17.4 Å². The molecule has 22 heavy (non-hydrogen) atoms. The first kappa shape index (κ1) is 15.1. The van der Waals surface area contributed by atoms with Crippen molar-refractivity contribution < 1.29 is 9.59 Å². The van der Waals surface area contributed by atoms with Crippen LogP contribution >= 0.6 is 0 Å². The lowest BCUT2D eigenvalue weighted by atomic mass is 9.84. The van der Waals surface area contributed by atoms with E-state index in [2.05, 4.69) is 10.6 Å². The lowest BCUT2D eigenvalue weighted by Gasteiger charge is -2.28. The van der Waals surface area contributed by atoms with Crippen molar-refractivity contribution in [3.05, 3.63) is 29.8 Å². The molecule has 4 nitrogen and oxygen atoms in total.